The summed E-state index contributed by atoms with van der Waals surface area (Å²) in [4.78, 5) is 44.4. The zero-order valence-corrected chi connectivity index (χ0v) is 19.6. The lowest BCUT2D eigenvalue weighted by Crippen LogP contribution is -2.46. The molecule has 6 nitrogen and oxygen atoms in total. The van der Waals surface area contributed by atoms with Gasteiger partial charge < -0.3 is 10.2 Å². The molecular formula is C28H22ClN3O3. The molecule has 35 heavy (non-hydrogen) atoms. The van der Waals surface area contributed by atoms with Crippen LogP contribution in [0, 0.1) is 18.8 Å². The number of carbonyl (C=O) groups excluding carboxylic acids is 3. The molecule has 3 aromatic carbocycles. The average molecular weight is 484 g/mol. The van der Waals surface area contributed by atoms with Crippen molar-refractivity contribution in [1.29, 1.82) is 0 Å². The molecule has 0 radical (unpaired) electrons. The smallest absolute Gasteiger partial charge is 0.247 e. The zero-order valence-electron chi connectivity index (χ0n) is 18.9. The molecule has 3 heterocycles. The number of halogens is 1. The van der Waals surface area contributed by atoms with E-state index in [1.807, 2.05) is 60.5 Å². The first kappa shape index (κ1) is 21.6. The second-order valence-electron chi connectivity index (χ2n) is 9.18. The van der Waals surface area contributed by atoms with Crippen molar-refractivity contribution in [3.63, 3.8) is 0 Å². The SMILES string of the molecule is Cc1ccc(N2C(=O)[C@@H]3[C@@H](C2=O)[C@H]2c4ccccc4C=CN2[C@@H]3C(=O)Nc2ccc(Cl)cc2)cc1. The van der Waals surface area contributed by atoms with E-state index >= 15 is 0 Å². The molecule has 0 aromatic heterocycles. The maximum atomic E-state index is 13.8. The van der Waals surface area contributed by atoms with Crippen molar-refractivity contribution in [2.45, 2.75) is 19.0 Å². The number of rotatable bonds is 3. The second kappa shape index (κ2) is 8.10. The van der Waals surface area contributed by atoms with E-state index in [-0.39, 0.29) is 17.7 Å². The summed E-state index contributed by atoms with van der Waals surface area (Å²) in [6.07, 6.45) is 3.77. The molecule has 0 aliphatic carbocycles. The minimum absolute atomic E-state index is 0.272. The minimum Gasteiger partial charge on any atom is -0.357 e. The number of nitrogens with zero attached hydrogens (tertiary/aromatic N) is 2. The van der Waals surface area contributed by atoms with Gasteiger partial charge in [-0.2, -0.15) is 0 Å². The summed E-state index contributed by atoms with van der Waals surface area (Å²) in [5.41, 5.74) is 4.07. The van der Waals surface area contributed by atoms with Crippen LogP contribution in [0.4, 0.5) is 11.4 Å². The normalized spacial score (nSPS) is 24.3. The fourth-order valence-corrected chi connectivity index (χ4v) is 5.68. The molecule has 3 aliphatic rings. The Bertz CT molecular complexity index is 1380. The highest BCUT2D eigenvalue weighted by Crippen LogP contribution is 2.53. The van der Waals surface area contributed by atoms with Crippen molar-refractivity contribution in [3.8, 4) is 0 Å². The highest BCUT2D eigenvalue weighted by Gasteiger charge is 2.64. The third-order valence-corrected chi connectivity index (χ3v) is 7.39. The monoisotopic (exact) mass is 483 g/mol. The number of benzene rings is 3. The largest absolute Gasteiger partial charge is 0.357 e. The summed E-state index contributed by atoms with van der Waals surface area (Å²) in [7, 11) is 0. The molecular weight excluding hydrogens is 462 g/mol. The molecule has 7 heteroatoms. The van der Waals surface area contributed by atoms with E-state index in [2.05, 4.69) is 5.32 Å². The molecule has 174 valence electrons. The number of carbonyl (C=O) groups is 3. The Hall–Kier alpha value is -3.90. The summed E-state index contributed by atoms with van der Waals surface area (Å²) in [6, 6.07) is 20.7. The summed E-state index contributed by atoms with van der Waals surface area (Å²) in [6.45, 7) is 1.95. The van der Waals surface area contributed by atoms with Gasteiger partial charge in [0.15, 0.2) is 0 Å². The van der Waals surface area contributed by atoms with E-state index in [4.69, 9.17) is 11.6 Å². The molecule has 2 fully saturated rings. The molecule has 0 unspecified atom stereocenters. The van der Waals surface area contributed by atoms with Crippen molar-refractivity contribution in [2.24, 2.45) is 11.8 Å². The maximum Gasteiger partial charge on any atom is 0.247 e. The van der Waals surface area contributed by atoms with Crippen LogP contribution in [0.25, 0.3) is 6.08 Å². The van der Waals surface area contributed by atoms with Crippen LogP contribution < -0.4 is 10.2 Å². The van der Waals surface area contributed by atoms with Gasteiger partial charge in [-0.05, 0) is 60.5 Å². The van der Waals surface area contributed by atoms with Gasteiger partial charge in [0.2, 0.25) is 17.7 Å². The minimum atomic E-state index is -0.836. The summed E-state index contributed by atoms with van der Waals surface area (Å²) in [5, 5.41) is 3.48. The Kier molecular flexibility index (Phi) is 5.00. The predicted molar refractivity (Wildman–Crippen MR) is 135 cm³/mol. The Labute approximate surface area is 207 Å². The Morgan fingerprint density at radius 2 is 1.57 bits per heavy atom. The molecule has 0 saturated carbocycles. The first-order chi connectivity index (χ1) is 16.9. The number of fused-ring (bicyclic) bond motifs is 5. The molecule has 1 N–H and O–H groups in total. The number of nitrogens with one attached hydrogen (secondary N) is 1. The first-order valence-electron chi connectivity index (χ1n) is 11.5. The van der Waals surface area contributed by atoms with Crippen LogP contribution >= 0.6 is 11.6 Å². The standard InChI is InChI=1S/C28H22ClN3O3/c1-16-6-12-20(13-7-16)32-27(34)22-23(28(32)35)25(26(33)30-19-10-8-18(29)9-11-19)31-15-14-17-4-2-3-5-21(17)24(22)31/h2-15,22-25H,1H3,(H,30,33)/t22-,23-,24-,25+/m1/s1. The van der Waals surface area contributed by atoms with E-state index in [1.165, 1.54) is 4.90 Å². The van der Waals surface area contributed by atoms with Gasteiger partial charge in [0.25, 0.3) is 0 Å². The van der Waals surface area contributed by atoms with Crippen LogP contribution in [0.1, 0.15) is 22.7 Å². The molecule has 3 amide bonds. The van der Waals surface area contributed by atoms with Crippen LogP contribution in [-0.4, -0.2) is 28.7 Å². The van der Waals surface area contributed by atoms with Gasteiger partial charge in [-0.15, -0.1) is 0 Å². The predicted octanol–water partition coefficient (Wildman–Crippen LogP) is 4.80. The maximum absolute atomic E-state index is 13.8. The molecule has 2 saturated heterocycles. The Morgan fingerprint density at radius 1 is 0.886 bits per heavy atom. The van der Waals surface area contributed by atoms with Gasteiger partial charge in [0.05, 0.1) is 23.6 Å². The van der Waals surface area contributed by atoms with Gasteiger partial charge in [0, 0.05) is 16.9 Å². The number of amides is 3. The van der Waals surface area contributed by atoms with Crippen molar-refractivity contribution >= 4 is 46.8 Å². The highest BCUT2D eigenvalue weighted by atomic mass is 35.5. The number of anilines is 2. The molecule has 3 aromatic rings. The van der Waals surface area contributed by atoms with Crippen molar-refractivity contribution < 1.29 is 14.4 Å². The van der Waals surface area contributed by atoms with Crippen molar-refractivity contribution in [1.82, 2.24) is 4.90 Å². The molecule has 6 rings (SSSR count). The number of aryl methyl sites for hydroxylation is 1. The van der Waals surface area contributed by atoms with E-state index < -0.39 is 23.9 Å². The molecule has 0 spiro atoms. The number of hydrogen-bond acceptors (Lipinski definition) is 4. The summed E-state index contributed by atoms with van der Waals surface area (Å²) >= 11 is 5.99. The second-order valence-corrected chi connectivity index (χ2v) is 9.61. The van der Waals surface area contributed by atoms with Gasteiger partial charge in [-0.1, -0.05) is 53.6 Å². The summed E-state index contributed by atoms with van der Waals surface area (Å²) < 4.78 is 0. The lowest BCUT2D eigenvalue weighted by Gasteiger charge is -2.35. The van der Waals surface area contributed by atoms with Crippen LogP contribution in [0.3, 0.4) is 0 Å². The topological polar surface area (TPSA) is 69.7 Å². The van der Waals surface area contributed by atoms with Crippen molar-refractivity contribution in [2.75, 3.05) is 10.2 Å². The molecule has 0 bridgehead atoms. The van der Waals surface area contributed by atoms with Gasteiger partial charge in [-0.25, -0.2) is 4.90 Å². The average Bonchev–Trinajstić information content (AvgIpc) is 3.34. The van der Waals surface area contributed by atoms with E-state index in [0.717, 1.165) is 16.7 Å². The third kappa shape index (κ3) is 3.36. The Morgan fingerprint density at radius 3 is 2.31 bits per heavy atom. The van der Waals surface area contributed by atoms with E-state index in [1.54, 1.807) is 36.4 Å². The van der Waals surface area contributed by atoms with Gasteiger partial charge in [-0.3, -0.25) is 14.4 Å². The van der Waals surface area contributed by atoms with Gasteiger partial charge in [0.1, 0.15) is 6.04 Å². The number of hydrogen-bond donors (Lipinski definition) is 1. The fourth-order valence-electron chi connectivity index (χ4n) is 5.55. The van der Waals surface area contributed by atoms with Crippen LogP contribution in [0.2, 0.25) is 5.02 Å². The molecule has 3 aliphatic heterocycles. The Balaban J connectivity index is 1.43. The van der Waals surface area contributed by atoms with E-state index in [0.29, 0.717) is 16.4 Å². The fraction of sp³-hybridized carbons (Fsp3) is 0.179. The van der Waals surface area contributed by atoms with Gasteiger partial charge >= 0.3 is 0 Å². The lowest BCUT2D eigenvalue weighted by atomic mass is 9.84. The van der Waals surface area contributed by atoms with Crippen LogP contribution in [0.15, 0.2) is 79.0 Å². The number of imide groups is 1. The summed E-state index contributed by atoms with van der Waals surface area (Å²) in [5.74, 6) is -2.43. The van der Waals surface area contributed by atoms with Crippen LogP contribution in [0.5, 0.6) is 0 Å². The van der Waals surface area contributed by atoms with E-state index in [9.17, 15) is 14.4 Å². The third-order valence-electron chi connectivity index (χ3n) is 7.13. The molecule has 4 atom stereocenters. The van der Waals surface area contributed by atoms with Crippen molar-refractivity contribution in [3.05, 3.63) is 101 Å². The first-order valence-corrected chi connectivity index (χ1v) is 11.9. The zero-order chi connectivity index (χ0) is 24.3. The quantitative estimate of drug-likeness (QED) is 0.543. The van der Waals surface area contributed by atoms with Crippen LogP contribution in [-0.2, 0) is 14.4 Å². The highest BCUT2D eigenvalue weighted by molar-refractivity contribution is 6.30. The lowest BCUT2D eigenvalue weighted by molar-refractivity contribution is -0.128.